The lowest BCUT2D eigenvalue weighted by atomic mass is 10.1. The molecule has 1 aromatic heterocycles. The van der Waals surface area contributed by atoms with Gasteiger partial charge in [-0.25, -0.2) is 0 Å². The Labute approximate surface area is 112 Å². The van der Waals surface area contributed by atoms with Gasteiger partial charge in [-0.15, -0.1) is 11.3 Å². The smallest absolute Gasteiger partial charge is 0.261 e. The fraction of sp³-hybridized carbons (Fsp3) is 0.400. The molecular formula is C15H19NOS. The van der Waals surface area contributed by atoms with Gasteiger partial charge in [-0.2, -0.15) is 0 Å². The van der Waals surface area contributed by atoms with Crippen molar-refractivity contribution in [3.05, 3.63) is 34.7 Å². The molecule has 0 aliphatic rings. The quantitative estimate of drug-likeness (QED) is 0.866. The van der Waals surface area contributed by atoms with E-state index in [1.54, 1.807) is 11.3 Å². The summed E-state index contributed by atoms with van der Waals surface area (Å²) >= 11 is 1.61. The predicted molar refractivity (Wildman–Crippen MR) is 78.4 cm³/mol. The number of carbonyl (C=O) groups is 1. The first-order valence-electron chi connectivity index (χ1n) is 6.56. The first-order valence-corrected chi connectivity index (χ1v) is 7.38. The third-order valence-corrected chi connectivity index (χ3v) is 4.15. The van der Waals surface area contributed by atoms with Crippen LogP contribution in [0.1, 0.15) is 41.9 Å². The van der Waals surface area contributed by atoms with Crippen LogP contribution in [0.15, 0.2) is 24.3 Å². The average molecular weight is 261 g/mol. The van der Waals surface area contributed by atoms with Gasteiger partial charge in [0.05, 0.1) is 4.88 Å². The number of benzene rings is 1. The van der Waals surface area contributed by atoms with Gasteiger partial charge in [0.1, 0.15) is 0 Å². The summed E-state index contributed by atoms with van der Waals surface area (Å²) in [5.41, 5.74) is 1.21. The van der Waals surface area contributed by atoms with E-state index in [4.69, 9.17) is 0 Å². The fourth-order valence-corrected chi connectivity index (χ4v) is 3.27. The van der Waals surface area contributed by atoms with Gasteiger partial charge in [0, 0.05) is 11.2 Å². The number of rotatable bonds is 5. The SMILES string of the molecule is CCCNC(=O)c1sc2ccccc2c1CCC. The summed E-state index contributed by atoms with van der Waals surface area (Å²) in [5.74, 6) is 0.0847. The van der Waals surface area contributed by atoms with Gasteiger partial charge in [-0.05, 0) is 29.9 Å². The highest BCUT2D eigenvalue weighted by Gasteiger charge is 2.16. The van der Waals surface area contributed by atoms with Crippen molar-refractivity contribution in [1.82, 2.24) is 5.32 Å². The molecule has 0 aliphatic carbocycles. The van der Waals surface area contributed by atoms with Crippen molar-refractivity contribution < 1.29 is 4.79 Å². The van der Waals surface area contributed by atoms with Crippen molar-refractivity contribution in [3.63, 3.8) is 0 Å². The Morgan fingerprint density at radius 2 is 2.00 bits per heavy atom. The molecule has 3 heteroatoms. The second-order valence-corrected chi connectivity index (χ2v) is 5.46. The monoisotopic (exact) mass is 261 g/mol. The molecule has 0 saturated heterocycles. The molecular weight excluding hydrogens is 242 g/mol. The molecule has 2 rings (SSSR count). The van der Waals surface area contributed by atoms with Crippen LogP contribution in [0.3, 0.4) is 0 Å². The lowest BCUT2D eigenvalue weighted by molar-refractivity contribution is 0.0957. The van der Waals surface area contributed by atoms with E-state index in [1.807, 2.05) is 12.1 Å². The zero-order valence-electron chi connectivity index (χ0n) is 11.0. The fourth-order valence-electron chi connectivity index (χ4n) is 2.10. The van der Waals surface area contributed by atoms with Crippen molar-refractivity contribution in [3.8, 4) is 0 Å². The lowest BCUT2D eigenvalue weighted by Crippen LogP contribution is -2.23. The first-order chi connectivity index (χ1) is 8.77. The van der Waals surface area contributed by atoms with Crippen LogP contribution in [0, 0.1) is 0 Å². The van der Waals surface area contributed by atoms with E-state index in [-0.39, 0.29) is 5.91 Å². The number of amides is 1. The third kappa shape index (κ3) is 2.56. The molecule has 1 aromatic carbocycles. The van der Waals surface area contributed by atoms with Gasteiger partial charge in [-0.1, -0.05) is 38.5 Å². The highest BCUT2D eigenvalue weighted by atomic mass is 32.1. The second kappa shape index (κ2) is 6.01. The van der Waals surface area contributed by atoms with Crippen LogP contribution < -0.4 is 5.32 Å². The van der Waals surface area contributed by atoms with E-state index in [0.717, 1.165) is 30.7 Å². The van der Waals surface area contributed by atoms with Crippen molar-refractivity contribution in [2.24, 2.45) is 0 Å². The zero-order valence-corrected chi connectivity index (χ0v) is 11.8. The Balaban J connectivity index is 2.41. The number of hydrogen-bond donors (Lipinski definition) is 1. The topological polar surface area (TPSA) is 29.1 Å². The summed E-state index contributed by atoms with van der Waals surface area (Å²) in [6.07, 6.45) is 3.01. The van der Waals surface area contributed by atoms with Crippen LogP contribution in [0.2, 0.25) is 0 Å². The molecule has 1 heterocycles. The molecule has 0 atom stereocenters. The van der Waals surface area contributed by atoms with Gasteiger partial charge < -0.3 is 5.32 Å². The van der Waals surface area contributed by atoms with E-state index >= 15 is 0 Å². The third-order valence-electron chi connectivity index (χ3n) is 2.94. The van der Waals surface area contributed by atoms with Gasteiger partial charge in [0.25, 0.3) is 5.91 Å². The Kier molecular flexibility index (Phi) is 4.37. The number of carbonyl (C=O) groups excluding carboxylic acids is 1. The number of thiophene rings is 1. The van der Waals surface area contributed by atoms with Crippen molar-refractivity contribution in [2.45, 2.75) is 33.1 Å². The van der Waals surface area contributed by atoms with Crippen LogP contribution in [0.5, 0.6) is 0 Å². The number of nitrogens with one attached hydrogen (secondary N) is 1. The molecule has 0 fully saturated rings. The van der Waals surface area contributed by atoms with E-state index < -0.39 is 0 Å². The molecule has 0 radical (unpaired) electrons. The minimum absolute atomic E-state index is 0.0847. The van der Waals surface area contributed by atoms with E-state index in [9.17, 15) is 4.79 Å². The number of hydrogen-bond acceptors (Lipinski definition) is 2. The van der Waals surface area contributed by atoms with E-state index in [2.05, 4.69) is 31.3 Å². The minimum Gasteiger partial charge on any atom is -0.351 e. The molecule has 96 valence electrons. The molecule has 0 bridgehead atoms. The van der Waals surface area contributed by atoms with Crippen LogP contribution in [0.25, 0.3) is 10.1 Å². The molecule has 1 N–H and O–H groups in total. The maximum Gasteiger partial charge on any atom is 0.261 e. The molecule has 0 unspecified atom stereocenters. The summed E-state index contributed by atoms with van der Waals surface area (Å²) in [6.45, 7) is 4.97. The Hall–Kier alpha value is -1.35. The maximum absolute atomic E-state index is 12.2. The van der Waals surface area contributed by atoms with Gasteiger partial charge in [0.15, 0.2) is 0 Å². The van der Waals surface area contributed by atoms with E-state index in [1.165, 1.54) is 15.6 Å². The van der Waals surface area contributed by atoms with Crippen molar-refractivity contribution in [2.75, 3.05) is 6.54 Å². The lowest BCUT2D eigenvalue weighted by Gasteiger charge is -2.04. The average Bonchev–Trinajstić information content (AvgIpc) is 2.76. The van der Waals surface area contributed by atoms with Gasteiger partial charge in [-0.3, -0.25) is 4.79 Å². The molecule has 0 spiro atoms. The van der Waals surface area contributed by atoms with Gasteiger partial charge in [0.2, 0.25) is 0 Å². The Morgan fingerprint density at radius 1 is 1.22 bits per heavy atom. The summed E-state index contributed by atoms with van der Waals surface area (Å²) < 4.78 is 1.21. The Morgan fingerprint density at radius 3 is 2.72 bits per heavy atom. The van der Waals surface area contributed by atoms with E-state index in [0.29, 0.717) is 0 Å². The largest absolute Gasteiger partial charge is 0.351 e. The molecule has 0 saturated carbocycles. The van der Waals surface area contributed by atoms with Gasteiger partial charge >= 0.3 is 0 Å². The molecule has 2 aromatic rings. The zero-order chi connectivity index (χ0) is 13.0. The summed E-state index contributed by atoms with van der Waals surface area (Å²) in [5, 5.41) is 4.22. The van der Waals surface area contributed by atoms with Crippen LogP contribution in [-0.2, 0) is 6.42 Å². The molecule has 1 amide bonds. The number of aryl methyl sites for hydroxylation is 1. The van der Waals surface area contributed by atoms with Crippen molar-refractivity contribution in [1.29, 1.82) is 0 Å². The first kappa shape index (κ1) is 13.1. The highest BCUT2D eigenvalue weighted by Crippen LogP contribution is 2.32. The summed E-state index contributed by atoms with van der Waals surface area (Å²) in [6, 6.07) is 8.29. The summed E-state index contributed by atoms with van der Waals surface area (Å²) in [7, 11) is 0. The standard InChI is InChI=1S/C15H19NOS/c1-3-7-12-11-8-5-6-9-13(11)18-14(12)15(17)16-10-4-2/h5-6,8-9H,3-4,7,10H2,1-2H3,(H,16,17). The summed E-state index contributed by atoms with van der Waals surface area (Å²) in [4.78, 5) is 13.1. The van der Waals surface area contributed by atoms with Crippen LogP contribution >= 0.6 is 11.3 Å². The molecule has 2 nitrogen and oxygen atoms in total. The van der Waals surface area contributed by atoms with Crippen LogP contribution in [-0.4, -0.2) is 12.5 Å². The predicted octanol–water partition coefficient (Wildman–Crippen LogP) is 3.99. The normalized spacial score (nSPS) is 10.8. The van der Waals surface area contributed by atoms with Crippen LogP contribution in [0.4, 0.5) is 0 Å². The maximum atomic E-state index is 12.2. The molecule has 0 aliphatic heterocycles. The number of fused-ring (bicyclic) bond motifs is 1. The minimum atomic E-state index is 0.0847. The highest BCUT2D eigenvalue weighted by molar-refractivity contribution is 7.21. The molecule has 18 heavy (non-hydrogen) atoms. The van der Waals surface area contributed by atoms with Crippen molar-refractivity contribution >= 4 is 27.3 Å². The Bertz CT molecular complexity index is 544. The second-order valence-electron chi connectivity index (χ2n) is 4.41.